The van der Waals surface area contributed by atoms with E-state index in [0.717, 1.165) is 11.8 Å². The number of carbonyl (C=O) groups is 1. The lowest BCUT2D eigenvalue weighted by atomic mass is 10.5. The van der Waals surface area contributed by atoms with Crippen LogP contribution in [-0.2, 0) is 15.6 Å². The van der Waals surface area contributed by atoms with Crippen LogP contribution in [0.1, 0.15) is 61.3 Å². The van der Waals surface area contributed by atoms with Crippen molar-refractivity contribution in [1.29, 1.82) is 0 Å². The van der Waals surface area contributed by atoms with E-state index in [1.165, 1.54) is 13.3 Å². The molecule has 0 fully saturated rings. The highest BCUT2D eigenvalue weighted by atomic mass is 32.2. The summed E-state index contributed by atoms with van der Waals surface area (Å²) in [5, 5.41) is 0. The fraction of sp³-hybridized carbons (Fsp3) is 0.867. The zero-order chi connectivity index (χ0) is 23.1. The molecular formula is C15H33F6NO2S2. The molecule has 164 valence electrons. The first-order valence-electron chi connectivity index (χ1n) is 7.29. The van der Waals surface area contributed by atoms with E-state index in [0.29, 0.717) is 0 Å². The van der Waals surface area contributed by atoms with Crippen LogP contribution in [0.4, 0.5) is 26.3 Å². The number of rotatable bonds is 0. The maximum absolute atomic E-state index is 10.8. The molecule has 0 heterocycles. The molecule has 0 unspecified atom stereocenters. The van der Waals surface area contributed by atoms with Gasteiger partial charge in [-0.2, -0.15) is 26.3 Å². The number of nitrogens with two attached hydrogens (primary N) is 1. The fourth-order valence-corrected chi connectivity index (χ4v) is 0. The SMILES string of the molecule is CC(C)=S.CC(F)(F)F.CC(N)=O.CCC.CCC(F)(F)F.CS(C)=O. The van der Waals surface area contributed by atoms with Gasteiger partial charge in [0.15, 0.2) is 0 Å². The minimum Gasteiger partial charge on any atom is -0.370 e. The van der Waals surface area contributed by atoms with Gasteiger partial charge in [-0.1, -0.05) is 39.4 Å². The van der Waals surface area contributed by atoms with Gasteiger partial charge in [0.25, 0.3) is 0 Å². The standard InChI is InChI=1S/C3H5F3.C3H6S.C3H8.C2H3F3.C2H5NO.C2H6OS/c1-2-3(4,5)6;1-3(2)4;1-3-2;1-2(3,4)5;1-2(3)4;1-4(2)3/h2H2,1H3;1-2H3;3H2,1-2H3;1H3;1H3,(H2,3,4);1-2H3. The highest BCUT2D eigenvalue weighted by Gasteiger charge is 2.22. The van der Waals surface area contributed by atoms with Crippen LogP contribution in [0.15, 0.2) is 0 Å². The molecular weight excluding hydrogens is 404 g/mol. The first kappa shape index (κ1) is 40.1. The number of primary amides is 1. The third-order valence-corrected chi connectivity index (χ3v) is 0.401. The summed E-state index contributed by atoms with van der Waals surface area (Å²) in [7, 11) is -0.611. The predicted octanol–water partition coefficient (Wildman–Crippen LogP) is 5.83. The van der Waals surface area contributed by atoms with E-state index in [4.69, 9.17) is 0 Å². The summed E-state index contributed by atoms with van der Waals surface area (Å²) in [4.78, 5) is 10.2. The van der Waals surface area contributed by atoms with E-state index in [1.807, 2.05) is 13.8 Å². The molecule has 0 rings (SSSR count). The fourth-order valence-electron chi connectivity index (χ4n) is 0. The van der Waals surface area contributed by atoms with Gasteiger partial charge in [0.2, 0.25) is 5.91 Å². The Morgan fingerprint density at radius 1 is 0.962 bits per heavy atom. The number of hydrogen-bond acceptors (Lipinski definition) is 3. The zero-order valence-electron chi connectivity index (χ0n) is 16.9. The first-order valence-corrected chi connectivity index (χ1v) is 9.66. The lowest BCUT2D eigenvalue weighted by Crippen LogP contribution is -2.02. The zero-order valence-corrected chi connectivity index (χ0v) is 18.5. The van der Waals surface area contributed by atoms with E-state index in [2.05, 4.69) is 31.8 Å². The summed E-state index contributed by atoms with van der Waals surface area (Å²) in [6.07, 6.45) is -4.16. The average Bonchev–Trinajstić information content (AvgIpc) is 2.23. The second kappa shape index (κ2) is 26.5. The molecule has 0 bridgehead atoms. The van der Waals surface area contributed by atoms with Crippen LogP contribution >= 0.6 is 12.2 Å². The highest BCUT2D eigenvalue weighted by Crippen LogP contribution is 2.17. The molecule has 3 nitrogen and oxygen atoms in total. The summed E-state index contributed by atoms with van der Waals surface area (Å²) < 4.78 is 73.0. The third kappa shape index (κ3) is 2210. The van der Waals surface area contributed by atoms with E-state index in [-0.39, 0.29) is 12.8 Å². The normalized spacial score (nSPS) is 9.08. The summed E-state index contributed by atoms with van der Waals surface area (Å²) >= 11 is 4.54. The largest absolute Gasteiger partial charge is 0.388 e. The van der Waals surface area contributed by atoms with Crippen LogP contribution in [0.2, 0.25) is 0 Å². The van der Waals surface area contributed by atoms with Crippen LogP contribution in [0.3, 0.4) is 0 Å². The smallest absolute Gasteiger partial charge is 0.370 e. The molecule has 0 aliphatic heterocycles. The van der Waals surface area contributed by atoms with E-state index in [9.17, 15) is 35.3 Å². The van der Waals surface area contributed by atoms with Crippen molar-refractivity contribution in [3.63, 3.8) is 0 Å². The van der Waals surface area contributed by atoms with Crippen LogP contribution in [0.25, 0.3) is 0 Å². The molecule has 26 heavy (non-hydrogen) atoms. The monoisotopic (exact) mass is 437 g/mol. The van der Waals surface area contributed by atoms with Crippen molar-refractivity contribution in [3.8, 4) is 0 Å². The Balaban J connectivity index is -0.0000000468. The van der Waals surface area contributed by atoms with Gasteiger partial charge in [0.05, 0.1) is 0 Å². The van der Waals surface area contributed by atoms with Gasteiger partial charge >= 0.3 is 12.4 Å². The number of alkyl halides is 6. The van der Waals surface area contributed by atoms with Gasteiger partial charge in [-0.3, -0.25) is 9.00 Å². The van der Waals surface area contributed by atoms with Crippen LogP contribution in [0.5, 0.6) is 0 Å². The van der Waals surface area contributed by atoms with Gasteiger partial charge in [0.1, 0.15) is 0 Å². The molecule has 0 saturated heterocycles. The molecule has 0 aliphatic rings. The Bertz CT molecular complexity index is 287. The van der Waals surface area contributed by atoms with Crippen molar-refractivity contribution in [3.05, 3.63) is 0 Å². The van der Waals surface area contributed by atoms with Crippen molar-refractivity contribution in [2.24, 2.45) is 5.73 Å². The maximum atomic E-state index is 10.8. The predicted molar refractivity (Wildman–Crippen MR) is 103 cm³/mol. The molecule has 0 radical (unpaired) electrons. The molecule has 0 saturated carbocycles. The van der Waals surface area contributed by atoms with E-state index < -0.39 is 29.6 Å². The summed E-state index contributed by atoms with van der Waals surface area (Å²) in [5.74, 6) is -0.333. The minimum atomic E-state index is -4.00. The van der Waals surface area contributed by atoms with Gasteiger partial charge < -0.3 is 5.73 Å². The molecule has 0 spiro atoms. The number of thiocarbonyl (C=S) groups is 1. The number of halogens is 6. The second-order valence-corrected chi connectivity index (χ2v) is 7.02. The minimum absolute atomic E-state index is 0.188. The summed E-state index contributed by atoms with van der Waals surface area (Å²) in [6.45, 7) is 10.6. The topological polar surface area (TPSA) is 60.2 Å². The molecule has 2 N–H and O–H groups in total. The molecule has 0 atom stereocenters. The summed E-state index contributed by atoms with van der Waals surface area (Å²) in [5.41, 5.74) is 4.47. The highest BCUT2D eigenvalue weighted by molar-refractivity contribution is 7.83. The van der Waals surface area contributed by atoms with Gasteiger partial charge in [-0.25, -0.2) is 0 Å². The van der Waals surface area contributed by atoms with Gasteiger partial charge in [0, 0.05) is 43.6 Å². The van der Waals surface area contributed by atoms with Crippen LogP contribution in [0, 0.1) is 0 Å². The molecule has 0 aromatic heterocycles. The molecule has 0 aliphatic carbocycles. The number of hydrogen-bond donors (Lipinski definition) is 1. The molecule has 0 aromatic carbocycles. The Morgan fingerprint density at radius 3 is 1.00 bits per heavy atom. The van der Waals surface area contributed by atoms with Crippen molar-refractivity contribution in [2.45, 2.75) is 73.7 Å². The number of carbonyl (C=O) groups excluding carboxylic acids is 1. The van der Waals surface area contributed by atoms with Crippen LogP contribution < -0.4 is 5.73 Å². The Labute approximate surface area is 161 Å². The second-order valence-electron chi connectivity index (χ2n) is 4.72. The lowest BCUT2D eigenvalue weighted by Gasteiger charge is -1.96. The Hall–Kier alpha value is -0.710. The Kier molecular flexibility index (Phi) is 40.9. The lowest BCUT2D eigenvalue weighted by molar-refractivity contribution is -0.130. The van der Waals surface area contributed by atoms with Gasteiger partial charge in [-0.05, 0) is 18.7 Å². The third-order valence-electron chi connectivity index (χ3n) is 0.401. The number of amides is 1. The Morgan fingerprint density at radius 2 is 1.00 bits per heavy atom. The van der Waals surface area contributed by atoms with Crippen molar-refractivity contribution >= 4 is 33.8 Å². The average molecular weight is 438 g/mol. The van der Waals surface area contributed by atoms with Crippen molar-refractivity contribution in [2.75, 3.05) is 12.5 Å². The molecule has 11 heteroatoms. The van der Waals surface area contributed by atoms with Crippen molar-refractivity contribution < 1.29 is 35.3 Å². The maximum Gasteiger partial charge on any atom is 0.388 e. The van der Waals surface area contributed by atoms with Gasteiger partial charge in [-0.15, -0.1) is 0 Å². The first-order chi connectivity index (χ1) is 11.2. The molecule has 0 aromatic rings. The quantitative estimate of drug-likeness (QED) is 0.383. The van der Waals surface area contributed by atoms with E-state index >= 15 is 0 Å². The van der Waals surface area contributed by atoms with Crippen molar-refractivity contribution in [1.82, 2.24) is 0 Å². The summed E-state index contributed by atoms with van der Waals surface area (Å²) in [6, 6.07) is 0. The molecule has 1 amide bonds. The van der Waals surface area contributed by atoms with Crippen LogP contribution in [-0.4, -0.2) is 39.8 Å². The van der Waals surface area contributed by atoms with E-state index in [1.54, 1.807) is 12.5 Å².